The zero-order chi connectivity index (χ0) is 29.9. The van der Waals surface area contributed by atoms with Crippen LogP contribution in [0, 0.1) is 5.82 Å². The number of anilines is 5. The van der Waals surface area contributed by atoms with Gasteiger partial charge in [-0.15, -0.1) is 0 Å². The highest BCUT2D eigenvalue weighted by Crippen LogP contribution is 2.40. The van der Waals surface area contributed by atoms with E-state index >= 15 is 0 Å². The second kappa shape index (κ2) is 12.7. The van der Waals surface area contributed by atoms with Gasteiger partial charge in [-0.3, -0.25) is 14.5 Å². The van der Waals surface area contributed by atoms with E-state index in [9.17, 15) is 9.18 Å². The number of nitrogens with one attached hydrogen (secondary N) is 2. The Labute approximate surface area is 254 Å². The molecule has 3 aromatic rings. The lowest BCUT2D eigenvalue weighted by Gasteiger charge is -2.43. The van der Waals surface area contributed by atoms with Crippen LogP contribution in [0.5, 0.6) is 5.75 Å². The average Bonchev–Trinajstić information content (AvgIpc) is 3.49. The molecule has 3 saturated heterocycles. The van der Waals surface area contributed by atoms with Crippen LogP contribution in [0.4, 0.5) is 33.1 Å². The lowest BCUT2D eigenvalue weighted by Crippen LogP contribution is -2.56. The number of aromatic nitrogens is 2. The summed E-state index contributed by atoms with van der Waals surface area (Å²) in [5, 5.41) is 7.98. The van der Waals surface area contributed by atoms with Gasteiger partial charge < -0.3 is 25.0 Å². The topological polar surface area (TPSA) is 104 Å². The van der Waals surface area contributed by atoms with Crippen molar-refractivity contribution >= 4 is 46.2 Å². The molecule has 2 aromatic carbocycles. The first-order valence-corrected chi connectivity index (χ1v) is 14.5. The number of hydrogen-bond donors (Lipinski definition) is 2. The third-order valence-electron chi connectivity index (χ3n) is 7.93. The van der Waals surface area contributed by atoms with Crippen LogP contribution in [-0.4, -0.2) is 79.9 Å². The summed E-state index contributed by atoms with van der Waals surface area (Å²) in [6.07, 6.45) is 3.32. The Balaban J connectivity index is 1.25. The van der Waals surface area contributed by atoms with E-state index in [-0.39, 0.29) is 17.0 Å². The summed E-state index contributed by atoms with van der Waals surface area (Å²) in [5.41, 5.74) is 2.80. The summed E-state index contributed by atoms with van der Waals surface area (Å²) in [6.45, 7) is 9.02. The van der Waals surface area contributed by atoms with Gasteiger partial charge in [-0.25, -0.2) is 19.4 Å². The van der Waals surface area contributed by atoms with Gasteiger partial charge in [0.25, 0.3) is 0 Å². The maximum Gasteiger partial charge on any atom is 0.247 e. The Morgan fingerprint density at radius 2 is 1.95 bits per heavy atom. The van der Waals surface area contributed by atoms with E-state index in [2.05, 4.69) is 37.0 Å². The quantitative estimate of drug-likeness (QED) is 0.336. The standard InChI is InChI=1S/C30H33ClFN7O4/c1-3-30(40)36-23-13-24(27(41-2)14-26(23)38-9-7-37(8-10-38)20-16-42-17-20)35-28-15-29(34-18-33-28)39-25(6-11-43-39)19-4-5-21(31)22(32)12-19/h3-5,12-15,18,20,25H,1,6-11,16-17H2,2H3,(H,36,40)(H,33,34,35)/t25-/m1/s1. The van der Waals surface area contributed by atoms with Crippen molar-refractivity contribution in [2.45, 2.75) is 18.5 Å². The molecule has 4 heterocycles. The second-order valence-electron chi connectivity index (χ2n) is 10.5. The van der Waals surface area contributed by atoms with Crippen LogP contribution in [0.3, 0.4) is 0 Å². The van der Waals surface area contributed by atoms with Crippen molar-refractivity contribution < 1.29 is 23.5 Å². The first kappa shape index (κ1) is 29.1. The number of halogens is 2. The number of ether oxygens (including phenoxy) is 2. The van der Waals surface area contributed by atoms with Gasteiger partial charge in [0, 0.05) is 44.7 Å². The van der Waals surface area contributed by atoms with Gasteiger partial charge in [0.1, 0.15) is 23.7 Å². The van der Waals surface area contributed by atoms with Gasteiger partial charge in [-0.1, -0.05) is 24.2 Å². The van der Waals surface area contributed by atoms with Crippen molar-refractivity contribution in [2.75, 3.05) is 73.7 Å². The lowest BCUT2D eigenvalue weighted by atomic mass is 10.0. The van der Waals surface area contributed by atoms with E-state index in [1.54, 1.807) is 24.3 Å². The highest BCUT2D eigenvalue weighted by molar-refractivity contribution is 6.30. The van der Waals surface area contributed by atoms with Gasteiger partial charge in [0.15, 0.2) is 5.82 Å². The van der Waals surface area contributed by atoms with Crippen LogP contribution >= 0.6 is 11.6 Å². The Hall–Kier alpha value is -3.97. The van der Waals surface area contributed by atoms with E-state index in [0.717, 1.165) is 50.6 Å². The SMILES string of the molecule is C=CC(=O)Nc1cc(Nc2cc(N3OCC[C@@H]3c3ccc(Cl)c(F)c3)ncn2)c(OC)cc1N1CCN(C2COC2)CC1. The van der Waals surface area contributed by atoms with Crippen LogP contribution in [0.1, 0.15) is 18.0 Å². The van der Waals surface area contributed by atoms with Crippen molar-refractivity contribution in [3.8, 4) is 5.75 Å². The van der Waals surface area contributed by atoms with E-state index in [1.165, 1.54) is 24.5 Å². The normalized spacial score (nSPS) is 19.2. The minimum atomic E-state index is -0.485. The van der Waals surface area contributed by atoms with Crippen LogP contribution in [0.15, 0.2) is 55.4 Å². The van der Waals surface area contributed by atoms with Crippen LogP contribution in [0.25, 0.3) is 0 Å². The molecule has 0 aliphatic carbocycles. The van der Waals surface area contributed by atoms with E-state index in [0.29, 0.717) is 47.8 Å². The number of hydroxylamine groups is 1. The summed E-state index contributed by atoms with van der Waals surface area (Å²) in [4.78, 5) is 31.8. The molecule has 1 atom stereocenters. The highest BCUT2D eigenvalue weighted by Gasteiger charge is 2.31. The first-order valence-electron chi connectivity index (χ1n) is 14.1. The Bertz CT molecular complexity index is 1500. The molecule has 0 bridgehead atoms. The molecular weight excluding hydrogens is 577 g/mol. The molecule has 0 unspecified atom stereocenters. The number of hydrogen-bond acceptors (Lipinski definition) is 10. The van der Waals surface area contributed by atoms with Gasteiger partial charge in [-0.2, -0.15) is 0 Å². The summed E-state index contributed by atoms with van der Waals surface area (Å²) < 4.78 is 25.3. The first-order chi connectivity index (χ1) is 20.9. The van der Waals surface area contributed by atoms with Gasteiger partial charge in [0.05, 0.1) is 61.1 Å². The maximum atomic E-state index is 14.2. The van der Waals surface area contributed by atoms with Crippen LogP contribution in [0.2, 0.25) is 5.02 Å². The van der Waals surface area contributed by atoms with Crippen molar-refractivity contribution in [3.63, 3.8) is 0 Å². The molecule has 0 radical (unpaired) electrons. The predicted molar refractivity (Wildman–Crippen MR) is 163 cm³/mol. The van der Waals surface area contributed by atoms with Gasteiger partial charge in [-0.05, 0) is 29.8 Å². The number of rotatable bonds is 9. The maximum absolute atomic E-state index is 14.2. The molecule has 13 heteroatoms. The van der Waals surface area contributed by atoms with Crippen molar-refractivity contribution in [2.24, 2.45) is 0 Å². The third-order valence-corrected chi connectivity index (χ3v) is 8.23. The number of piperazine rings is 1. The zero-order valence-corrected chi connectivity index (χ0v) is 24.5. The van der Waals surface area contributed by atoms with Crippen molar-refractivity contribution in [3.05, 3.63) is 71.8 Å². The fourth-order valence-corrected chi connectivity index (χ4v) is 5.65. The number of methoxy groups -OCH3 is 1. The summed E-state index contributed by atoms with van der Waals surface area (Å²) in [7, 11) is 1.60. The molecule has 0 spiro atoms. The number of nitrogens with zero attached hydrogens (tertiary/aromatic N) is 5. The van der Waals surface area contributed by atoms with Crippen molar-refractivity contribution in [1.29, 1.82) is 0 Å². The molecule has 2 N–H and O–H groups in total. The number of carbonyl (C=O) groups is 1. The van der Waals surface area contributed by atoms with Crippen LogP contribution in [-0.2, 0) is 14.4 Å². The number of benzene rings is 2. The molecule has 3 fully saturated rings. The monoisotopic (exact) mass is 609 g/mol. The molecule has 6 rings (SSSR count). The molecule has 11 nitrogen and oxygen atoms in total. The highest BCUT2D eigenvalue weighted by atomic mass is 35.5. The number of carbonyl (C=O) groups excluding carboxylic acids is 1. The number of amides is 1. The summed E-state index contributed by atoms with van der Waals surface area (Å²) in [5.74, 6) is 0.753. The lowest BCUT2D eigenvalue weighted by molar-refractivity contribution is -0.111. The summed E-state index contributed by atoms with van der Waals surface area (Å²) in [6, 6.07) is 10.5. The molecule has 3 aliphatic heterocycles. The molecule has 1 amide bonds. The predicted octanol–water partition coefficient (Wildman–Crippen LogP) is 4.55. The molecule has 3 aliphatic rings. The molecule has 43 heavy (non-hydrogen) atoms. The third kappa shape index (κ3) is 6.23. The zero-order valence-electron chi connectivity index (χ0n) is 23.8. The van der Waals surface area contributed by atoms with Gasteiger partial charge in [0.2, 0.25) is 5.91 Å². The smallest absolute Gasteiger partial charge is 0.247 e. The summed E-state index contributed by atoms with van der Waals surface area (Å²) >= 11 is 5.89. The Morgan fingerprint density at radius 1 is 1.14 bits per heavy atom. The molecule has 1 aromatic heterocycles. The molecule has 226 valence electrons. The second-order valence-corrected chi connectivity index (χ2v) is 10.9. The molecule has 0 saturated carbocycles. The largest absolute Gasteiger partial charge is 0.494 e. The minimum absolute atomic E-state index is 0.0670. The van der Waals surface area contributed by atoms with Crippen LogP contribution < -0.4 is 25.3 Å². The van der Waals surface area contributed by atoms with E-state index < -0.39 is 5.82 Å². The average molecular weight is 610 g/mol. The Kier molecular flexibility index (Phi) is 8.61. The van der Waals surface area contributed by atoms with E-state index in [4.69, 9.17) is 25.9 Å². The fraction of sp³-hybridized carbons (Fsp3) is 0.367. The van der Waals surface area contributed by atoms with Crippen molar-refractivity contribution in [1.82, 2.24) is 14.9 Å². The Morgan fingerprint density at radius 3 is 2.65 bits per heavy atom. The molecular formula is C30H33ClFN7O4. The minimum Gasteiger partial charge on any atom is -0.494 e. The van der Waals surface area contributed by atoms with Gasteiger partial charge >= 0.3 is 0 Å². The fourth-order valence-electron chi connectivity index (χ4n) is 5.53. The van der Waals surface area contributed by atoms with E-state index in [1.807, 2.05) is 12.1 Å².